The van der Waals surface area contributed by atoms with Gasteiger partial charge in [-0.25, -0.2) is 4.98 Å². The van der Waals surface area contributed by atoms with Gasteiger partial charge in [-0.3, -0.25) is 4.79 Å². The highest BCUT2D eigenvalue weighted by Gasteiger charge is 2.14. The predicted octanol–water partition coefficient (Wildman–Crippen LogP) is 2.33. The number of carbonyl (C=O) groups is 1. The lowest BCUT2D eigenvalue weighted by Crippen LogP contribution is -2.35. The van der Waals surface area contributed by atoms with Crippen LogP contribution in [0.2, 0.25) is 0 Å². The van der Waals surface area contributed by atoms with Gasteiger partial charge in [0.2, 0.25) is 0 Å². The molecule has 0 bridgehead atoms. The van der Waals surface area contributed by atoms with Gasteiger partial charge in [0.05, 0.1) is 16.7 Å². The summed E-state index contributed by atoms with van der Waals surface area (Å²) in [6.07, 6.45) is 1.96. The molecule has 5 heteroatoms. The largest absolute Gasteiger partial charge is 0.391 e. The summed E-state index contributed by atoms with van der Waals surface area (Å²) in [5.41, 5.74) is 0.525. The Balaban J connectivity index is 2.49. The molecule has 1 heterocycles. The monoisotopic (exact) mass is 282 g/mol. The summed E-state index contributed by atoms with van der Waals surface area (Å²) in [6, 6.07) is 3.60. The zero-order valence-electron chi connectivity index (χ0n) is 11.7. The average molecular weight is 282 g/mol. The number of aliphatic hydroxyl groups excluding tert-OH is 1. The van der Waals surface area contributed by atoms with Crippen LogP contribution in [-0.2, 0) is 0 Å². The molecule has 1 aromatic heterocycles. The van der Waals surface area contributed by atoms with Crippen LogP contribution < -0.4 is 5.32 Å². The van der Waals surface area contributed by atoms with Crippen LogP contribution in [0.25, 0.3) is 0 Å². The average Bonchev–Trinajstić information content (AvgIpc) is 2.44. The van der Waals surface area contributed by atoms with Gasteiger partial charge in [0, 0.05) is 12.7 Å². The highest BCUT2D eigenvalue weighted by Crippen LogP contribution is 2.14. The molecule has 0 aliphatic carbocycles. The Morgan fingerprint density at radius 3 is 2.74 bits per heavy atom. The van der Waals surface area contributed by atoms with Gasteiger partial charge >= 0.3 is 0 Å². The van der Waals surface area contributed by atoms with Crippen molar-refractivity contribution in [3.05, 3.63) is 23.9 Å². The minimum absolute atomic E-state index is 0.182. The van der Waals surface area contributed by atoms with E-state index in [4.69, 9.17) is 0 Å². The number of amides is 1. The second kappa shape index (κ2) is 8.17. The predicted molar refractivity (Wildman–Crippen MR) is 78.4 cm³/mol. The van der Waals surface area contributed by atoms with E-state index < -0.39 is 6.10 Å². The minimum Gasteiger partial charge on any atom is -0.391 e. The molecule has 0 saturated heterocycles. The lowest BCUT2D eigenvalue weighted by atomic mass is 10.0. The minimum atomic E-state index is -0.503. The number of pyridine rings is 1. The summed E-state index contributed by atoms with van der Waals surface area (Å²) in [7, 11) is 0. The van der Waals surface area contributed by atoms with Crippen molar-refractivity contribution in [1.82, 2.24) is 10.3 Å². The molecule has 0 aliphatic rings. The molecule has 1 amide bonds. The van der Waals surface area contributed by atoms with E-state index in [2.05, 4.69) is 17.2 Å². The van der Waals surface area contributed by atoms with E-state index in [0.717, 1.165) is 17.2 Å². The van der Waals surface area contributed by atoms with Crippen LogP contribution in [0.15, 0.2) is 23.4 Å². The lowest BCUT2D eigenvalue weighted by Gasteiger charge is -2.17. The van der Waals surface area contributed by atoms with E-state index in [9.17, 15) is 9.90 Å². The SMILES string of the molecule is CCSc1ccc(C(=O)NCC(O)C(C)CC)cn1. The van der Waals surface area contributed by atoms with Crippen molar-refractivity contribution in [2.75, 3.05) is 12.3 Å². The van der Waals surface area contributed by atoms with Crippen molar-refractivity contribution in [3.63, 3.8) is 0 Å². The normalized spacial score (nSPS) is 13.9. The van der Waals surface area contributed by atoms with Crippen molar-refractivity contribution in [1.29, 1.82) is 0 Å². The molecule has 0 saturated carbocycles. The standard InChI is InChI=1S/C14H22N2O2S/c1-4-10(3)12(17)9-16-14(18)11-6-7-13(15-8-11)19-5-2/h6-8,10,12,17H,4-5,9H2,1-3H3,(H,16,18). The van der Waals surface area contributed by atoms with Gasteiger partial charge in [-0.15, -0.1) is 11.8 Å². The van der Waals surface area contributed by atoms with E-state index in [0.29, 0.717) is 5.56 Å². The second-order valence-corrected chi connectivity index (χ2v) is 5.77. The zero-order chi connectivity index (χ0) is 14.3. The summed E-state index contributed by atoms with van der Waals surface area (Å²) >= 11 is 1.64. The highest BCUT2D eigenvalue weighted by molar-refractivity contribution is 7.99. The number of rotatable bonds is 7. The third-order valence-corrected chi connectivity index (χ3v) is 3.89. The van der Waals surface area contributed by atoms with Crippen LogP contribution in [0.4, 0.5) is 0 Å². The Morgan fingerprint density at radius 2 is 2.21 bits per heavy atom. The lowest BCUT2D eigenvalue weighted by molar-refractivity contribution is 0.0850. The number of nitrogens with one attached hydrogen (secondary N) is 1. The molecule has 0 aromatic carbocycles. The van der Waals surface area contributed by atoms with Crippen LogP contribution in [0, 0.1) is 5.92 Å². The first-order valence-corrected chi connectivity index (χ1v) is 7.62. The number of carbonyl (C=O) groups excluding carboxylic acids is 1. The summed E-state index contributed by atoms with van der Waals surface area (Å²) in [4.78, 5) is 16.1. The molecular formula is C14H22N2O2S. The van der Waals surface area contributed by atoms with Crippen molar-refractivity contribution in [2.24, 2.45) is 5.92 Å². The maximum atomic E-state index is 11.9. The maximum absolute atomic E-state index is 11.9. The fraction of sp³-hybridized carbons (Fsp3) is 0.571. The van der Waals surface area contributed by atoms with Gasteiger partial charge in [-0.05, 0) is 23.8 Å². The molecule has 19 heavy (non-hydrogen) atoms. The summed E-state index contributed by atoms with van der Waals surface area (Å²) < 4.78 is 0. The first kappa shape index (κ1) is 16.0. The fourth-order valence-electron chi connectivity index (χ4n) is 1.52. The van der Waals surface area contributed by atoms with Crippen LogP contribution in [0.3, 0.4) is 0 Å². The van der Waals surface area contributed by atoms with Crippen LogP contribution in [0.5, 0.6) is 0 Å². The van der Waals surface area contributed by atoms with Crippen LogP contribution in [0.1, 0.15) is 37.6 Å². The van der Waals surface area contributed by atoms with Crippen LogP contribution >= 0.6 is 11.8 Å². The van der Waals surface area contributed by atoms with E-state index in [1.54, 1.807) is 24.0 Å². The molecule has 2 atom stereocenters. The number of aliphatic hydroxyl groups is 1. The van der Waals surface area contributed by atoms with E-state index in [-0.39, 0.29) is 18.4 Å². The van der Waals surface area contributed by atoms with Crippen molar-refractivity contribution < 1.29 is 9.90 Å². The van der Waals surface area contributed by atoms with Gasteiger partial charge in [-0.2, -0.15) is 0 Å². The highest BCUT2D eigenvalue weighted by atomic mass is 32.2. The molecule has 4 nitrogen and oxygen atoms in total. The Hall–Kier alpha value is -1.07. The molecule has 1 rings (SSSR count). The number of hydrogen-bond donors (Lipinski definition) is 2. The third-order valence-electron chi connectivity index (χ3n) is 3.06. The van der Waals surface area contributed by atoms with Gasteiger partial charge in [0.1, 0.15) is 0 Å². The Labute approximate surface area is 119 Å². The molecule has 1 aromatic rings. The van der Waals surface area contributed by atoms with Gasteiger partial charge in [0.25, 0.3) is 5.91 Å². The fourth-order valence-corrected chi connectivity index (χ4v) is 2.11. The van der Waals surface area contributed by atoms with E-state index in [1.807, 2.05) is 19.9 Å². The maximum Gasteiger partial charge on any atom is 0.252 e. The summed E-state index contributed by atoms with van der Waals surface area (Å²) in [5, 5.41) is 13.4. The van der Waals surface area contributed by atoms with E-state index >= 15 is 0 Å². The number of nitrogens with zero attached hydrogens (tertiary/aromatic N) is 1. The number of thioether (sulfide) groups is 1. The van der Waals surface area contributed by atoms with Crippen molar-refractivity contribution >= 4 is 17.7 Å². The number of aromatic nitrogens is 1. The Kier molecular flexibility index (Phi) is 6.87. The first-order chi connectivity index (χ1) is 9.08. The Bertz CT molecular complexity index is 395. The molecule has 0 spiro atoms. The molecule has 0 aliphatic heterocycles. The smallest absolute Gasteiger partial charge is 0.252 e. The third kappa shape index (κ3) is 5.20. The topological polar surface area (TPSA) is 62.2 Å². The van der Waals surface area contributed by atoms with Crippen molar-refractivity contribution in [2.45, 2.75) is 38.3 Å². The molecular weight excluding hydrogens is 260 g/mol. The summed E-state index contributed by atoms with van der Waals surface area (Å²) in [6.45, 7) is 6.32. The summed E-state index contributed by atoms with van der Waals surface area (Å²) in [5.74, 6) is 0.948. The Morgan fingerprint density at radius 1 is 1.47 bits per heavy atom. The molecule has 0 radical (unpaired) electrons. The van der Waals surface area contributed by atoms with Crippen molar-refractivity contribution in [3.8, 4) is 0 Å². The molecule has 0 fully saturated rings. The second-order valence-electron chi connectivity index (χ2n) is 4.48. The van der Waals surface area contributed by atoms with Gasteiger partial charge in [-0.1, -0.05) is 27.2 Å². The first-order valence-electron chi connectivity index (χ1n) is 6.63. The van der Waals surface area contributed by atoms with E-state index in [1.165, 1.54) is 0 Å². The molecule has 2 unspecified atom stereocenters. The molecule has 2 N–H and O–H groups in total. The quantitative estimate of drug-likeness (QED) is 0.754. The van der Waals surface area contributed by atoms with Crippen LogP contribution in [-0.4, -0.2) is 34.4 Å². The van der Waals surface area contributed by atoms with Gasteiger partial charge < -0.3 is 10.4 Å². The van der Waals surface area contributed by atoms with Gasteiger partial charge in [0.15, 0.2) is 0 Å². The zero-order valence-corrected chi connectivity index (χ0v) is 12.5. The molecule has 106 valence electrons. The number of hydrogen-bond acceptors (Lipinski definition) is 4.